The minimum absolute atomic E-state index is 0.00797. The van der Waals surface area contributed by atoms with E-state index in [1.54, 1.807) is 6.33 Å². The van der Waals surface area contributed by atoms with Gasteiger partial charge in [-0.3, -0.25) is 4.79 Å². The van der Waals surface area contributed by atoms with Crippen LogP contribution in [0.3, 0.4) is 0 Å². The van der Waals surface area contributed by atoms with Crippen molar-refractivity contribution in [3.63, 3.8) is 0 Å². The van der Waals surface area contributed by atoms with E-state index < -0.39 is 0 Å². The average Bonchev–Trinajstić information content (AvgIpc) is 2.55. The van der Waals surface area contributed by atoms with E-state index >= 15 is 0 Å². The summed E-state index contributed by atoms with van der Waals surface area (Å²) < 4.78 is 0. The van der Waals surface area contributed by atoms with Crippen LogP contribution in [0.15, 0.2) is 48.3 Å². The van der Waals surface area contributed by atoms with Gasteiger partial charge in [0.1, 0.15) is 12.1 Å². The number of aromatic nitrogens is 2. The van der Waals surface area contributed by atoms with Gasteiger partial charge < -0.3 is 4.90 Å². The summed E-state index contributed by atoms with van der Waals surface area (Å²) in [5.74, 6) is 1.18. The largest absolute Gasteiger partial charge is 0.345 e. The predicted octanol–water partition coefficient (Wildman–Crippen LogP) is 2.97. The van der Waals surface area contributed by atoms with Crippen molar-refractivity contribution < 1.29 is 4.79 Å². The monoisotopic (exact) mass is 291 g/mol. The number of rotatable bonds is 1. The lowest BCUT2D eigenvalue weighted by atomic mass is 9.89. The molecule has 0 spiro atoms. The van der Waals surface area contributed by atoms with Crippen LogP contribution >= 0.6 is 0 Å². The summed E-state index contributed by atoms with van der Waals surface area (Å²) >= 11 is 0. The zero-order chi connectivity index (χ0) is 15.1. The number of Topliss-reactive ketones (excluding diaryl/α,β-unsaturated/α-hetero) is 1. The highest BCUT2D eigenvalue weighted by molar-refractivity contribution is 6.01. The van der Waals surface area contributed by atoms with Gasteiger partial charge in [0.05, 0.1) is 11.6 Å². The highest BCUT2D eigenvalue weighted by atomic mass is 16.1. The van der Waals surface area contributed by atoms with E-state index in [9.17, 15) is 4.79 Å². The number of nitrogens with zero attached hydrogens (tertiary/aromatic N) is 3. The van der Waals surface area contributed by atoms with Gasteiger partial charge in [-0.15, -0.1) is 0 Å². The maximum Gasteiger partial charge on any atom is 0.162 e. The molecule has 0 saturated carbocycles. The summed E-state index contributed by atoms with van der Waals surface area (Å²) in [6, 6.07) is 6.22. The Bertz CT molecular complexity index is 822. The molecule has 4 nitrogen and oxygen atoms in total. The summed E-state index contributed by atoms with van der Waals surface area (Å²) in [6.07, 6.45) is 9.29. The second kappa shape index (κ2) is 5.05. The molecular weight excluding hydrogens is 274 g/mol. The number of fused-ring (bicyclic) bond motifs is 2. The molecule has 4 heteroatoms. The van der Waals surface area contributed by atoms with Crippen molar-refractivity contribution in [3.05, 3.63) is 53.9 Å². The topological polar surface area (TPSA) is 46.1 Å². The molecule has 2 aliphatic rings. The first kappa shape index (κ1) is 13.2. The van der Waals surface area contributed by atoms with Crippen molar-refractivity contribution in [2.45, 2.75) is 25.8 Å². The molecule has 1 aromatic heterocycles. The van der Waals surface area contributed by atoms with Crippen molar-refractivity contribution in [1.82, 2.24) is 9.97 Å². The van der Waals surface area contributed by atoms with Gasteiger partial charge in [-0.2, -0.15) is 0 Å². The van der Waals surface area contributed by atoms with Gasteiger partial charge in [-0.1, -0.05) is 29.9 Å². The van der Waals surface area contributed by atoms with Crippen molar-refractivity contribution in [1.29, 1.82) is 0 Å². The second-order valence-electron chi connectivity index (χ2n) is 5.85. The van der Waals surface area contributed by atoms with E-state index in [2.05, 4.69) is 46.1 Å². The molecule has 1 atom stereocenters. The zero-order valence-corrected chi connectivity index (χ0v) is 12.5. The molecule has 0 radical (unpaired) electrons. The fraction of sp³-hybridized carbons (Fsp3) is 0.278. The third kappa shape index (κ3) is 2.03. The van der Waals surface area contributed by atoms with Crippen molar-refractivity contribution in [2.24, 2.45) is 0 Å². The first-order valence-corrected chi connectivity index (χ1v) is 7.62. The SMILES string of the molecule is Cc1ccc2ncnc(N3CCC(=O)C4=CCC=CC43)c2c1. The number of ketones is 1. The molecule has 0 bridgehead atoms. The average molecular weight is 291 g/mol. The molecule has 1 aromatic carbocycles. The first-order chi connectivity index (χ1) is 10.7. The summed E-state index contributed by atoms with van der Waals surface area (Å²) in [6.45, 7) is 2.77. The number of carbonyl (C=O) groups is 1. The van der Waals surface area contributed by atoms with E-state index in [-0.39, 0.29) is 11.8 Å². The summed E-state index contributed by atoms with van der Waals surface area (Å²) in [4.78, 5) is 23.3. The number of carbonyl (C=O) groups excluding carboxylic acids is 1. The third-order valence-corrected chi connectivity index (χ3v) is 4.39. The Labute approximate surface area is 129 Å². The lowest BCUT2D eigenvalue weighted by molar-refractivity contribution is -0.116. The Balaban J connectivity index is 1.86. The van der Waals surface area contributed by atoms with Crippen LogP contribution in [-0.2, 0) is 4.79 Å². The van der Waals surface area contributed by atoms with E-state index in [0.29, 0.717) is 13.0 Å². The van der Waals surface area contributed by atoms with Crippen LogP contribution in [0.1, 0.15) is 18.4 Å². The minimum Gasteiger partial charge on any atom is -0.345 e. The molecular formula is C18H17N3O. The normalized spacial score (nSPS) is 21.0. The van der Waals surface area contributed by atoms with Gasteiger partial charge in [0.15, 0.2) is 5.78 Å². The lowest BCUT2D eigenvalue weighted by Gasteiger charge is -2.37. The van der Waals surface area contributed by atoms with E-state index in [1.807, 2.05) is 12.1 Å². The van der Waals surface area contributed by atoms with Crippen molar-refractivity contribution >= 4 is 22.5 Å². The number of anilines is 1. The molecule has 4 rings (SSSR count). The standard InChI is InChI=1S/C18H17N3O/c1-12-6-7-15-14(10-12)18(20-11-19-15)21-9-8-17(22)13-4-2-3-5-16(13)21/h3-7,10-11,16H,2,8-9H2,1H3. The van der Waals surface area contributed by atoms with Gasteiger partial charge in [0.2, 0.25) is 0 Å². The third-order valence-electron chi connectivity index (χ3n) is 4.39. The van der Waals surface area contributed by atoms with Crippen LogP contribution in [-0.4, -0.2) is 28.3 Å². The molecule has 0 N–H and O–H groups in total. The van der Waals surface area contributed by atoms with Gasteiger partial charge in [-0.25, -0.2) is 9.97 Å². The van der Waals surface area contributed by atoms with Crippen LogP contribution in [0.2, 0.25) is 0 Å². The summed E-state index contributed by atoms with van der Waals surface area (Å²) in [5, 5.41) is 1.05. The van der Waals surface area contributed by atoms with Crippen LogP contribution in [0.4, 0.5) is 5.82 Å². The molecule has 1 fully saturated rings. The van der Waals surface area contributed by atoms with E-state index in [1.165, 1.54) is 5.56 Å². The molecule has 110 valence electrons. The van der Waals surface area contributed by atoms with Crippen LogP contribution < -0.4 is 4.90 Å². The Kier molecular flexibility index (Phi) is 3.03. The van der Waals surface area contributed by atoms with Crippen molar-refractivity contribution in [2.75, 3.05) is 11.4 Å². The van der Waals surface area contributed by atoms with E-state index in [0.717, 1.165) is 28.7 Å². The molecule has 1 unspecified atom stereocenters. The Hall–Kier alpha value is -2.49. The number of benzene rings is 1. The summed E-state index contributed by atoms with van der Waals surface area (Å²) in [5.41, 5.74) is 3.04. The maximum absolute atomic E-state index is 12.2. The van der Waals surface area contributed by atoms with Crippen LogP contribution in [0.25, 0.3) is 10.9 Å². The zero-order valence-electron chi connectivity index (χ0n) is 12.5. The highest BCUT2D eigenvalue weighted by Gasteiger charge is 2.32. The Morgan fingerprint density at radius 2 is 2.18 bits per heavy atom. The number of aryl methyl sites for hydroxylation is 1. The fourth-order valence-electron chi connectivity index (χ4n) is 3.31. The number of piperidine rings is 1. The maximum atomic E-state index is 12.2. The highest BCUT2D eigenvalue weighted by Crippen LogP contribution is 2.32. The summed E-state index contributed by atoms with van der Waals surface area (Å²) in [7, 11) is 0. The number of hydrogen-bond acceptors (Lipinski definition) is 4. The quantitative estimate of drug-likeness (QED) is 0.758. The lowest BCUT2D eigenvalue weighted by Crippen LogP contribution is -2.45. The van der Waals surface area contributed by atoms with Crippen LogP contribution in [0, 0.1) is 6.92 Å². The van der Waals surface area contributed by atoms with Crippen LogP contribution in [0.5, 0.6) is 0 Å². The van der Waals surface area contributed by atoms with Gasteiger partial charge in [0, 0.05) is 23.9 Å². The first-order valence-electron chi connectivity index (χ1n) is 7.62. The number of hydrogen-bond donors (Lipinski definition) is 0. The second-order valence-corrected chi connectivity index (χ2v) is 5.85. The molecule has 2 heterocycles. The molecule has 1 aliphatic heterocycles. The molecule has 0 amide bonds. The smallest absolute Gasteiger partial charge is 0.162 e. The molecule has 2 aromatic rings. The van der Waals surface area contributed by atoms with E-state index in [4.69, 9.17) is 0 Å². The minimum atomic E-state index is 0.00797. The molecule has 22 heavy (non-hydrogen) atoms. The number of allylic oxidation sites excluding steroid dienone is 2. The Morgan fingerprint density at radius 1 is 1.27 bits per heavy atom. The fourth-order valence-corrected chi connectivity index (χ4v) is 3.31. The molecule has 1 aliphatic carbocycles. The van der Waals surface area contributed by atoms with Gasteiger partial charge in [-0.05, 0) is 25.5 Å². The Morgan fingerprint density at radius 3 is 3.09 bits per heavy atom. The van der Waals surface area contributed by atoms with Crippen molar-refractivity contribution in [3.8, 4) is 0 Å². The molecule has 1 saturated heterocycles. The predicted molar refractivity (Wildman–Crippen MR) is 86.9 cm³/mol. The van der Waals surface area contributed by atoms with Gasteiger partial charge >= 0.3 is 0 Å². The van der Waals surface area contributed by atoms with Gasteiger partial charge in [0.25, 0.3) is 0 Å².